The summed E-state index contributed by atoms with van der Waals surface area (Å²) in [5, 5.41) is 11.6. The van der Waals surface area contributed by atoms with Crippen LogP contribution in [0.2, 0.25) is 0 Å². The zero-order chi connectivity index (χ0) is 11.0. The first kappa shape index (κ1) is 13.2. The maximum absolute atomic E-state index is 11.5. The van der Waals surface area contributed by atoms with Gasteiger partial charge in [0.05, 0.1) is 0 Å². The Bertz CT molecular complexity index is 199. The van der Waals surface area contributed by atoms with Crippen LogP contribution in [0.1, 0.15) is 40.0 Å². The molecule has 1 unspecified atom stereocenters. The van der Waals surface area contributed by atoms with Crippen LogP contribution in [-0.2, 0) is 4.79 Å². The van der Waals surface area contributed by atoms with Crippen molar-refractivity contribution in [1.29, 1.82) is 0 Å². The van der Waals surface area contributed by atoms with Gasteiger partial charge in [0.15, 0.2) is 0 Å². The third-order valence-electron chi connectivity index (χ3n) is 2.17. The monoisotopic (exact) mass is 199 g/mol. The van der Waals surface area contributed by atoms with Crippen molar-refractivity contribution in [2.24, 2.45) is 0 Å². The topological polar surface area (TPSA) is 49.3 Å². The van der Waals surface area contributed by atoms with E-state index in [1.165, 1.54) is 0 Å². The molecule has 1 atom stereocenters. The van der Waals surface area contributed by atoms with Gasteiger partial charge in [0.2, 0.25) is 5.91 Å². The van der Waals surface area contributed by atoms with Gasteiger partial charge in [0.25, 0.3) is 0 Å². The summed E-state index contributed by atoms with van der Waals surface area (Å²) in [4.78, 5) is 11.5. The van der Waals surface area contributed by atoms with Crippen molar-refractivity contribution in [3.63, 3.8) is 0 Å². The molecule has 0 rings (SSSR count). The largest absolute Gasteiger partial charge is 0.396 e. The van der Waals surface area contributed by atoms with Gasteiger partial charge in [-0.25, -0.2) is 0 Å². The van der Waals surface area contributed by atoms with Crippen LogP contribution in [0.4, 0.5) is 0 Å². The highest BCUT2D eigenvalue weighted by Crippen LogP contribution is 2.00. The molecule has 3 nitrogen and oxygen atoms in total. The first-order valence-electron chi connectivity index (χ1n) is 5.24. The van der Waals surface area contributed by atoms with Crippen molar-refractivity contribution >= 4 is 5.91 Å². The minimum atomic E-state index is -0.0212. The number of nitrogens with one attached hydrogen (secondary N) is 1. The second-order valence-electron chi connectivity index (χ2n) is 3.39. The smallest absolute Gasteiger partial charge is 0.246 e. The Morgan fingerprint density at radius 3 is 2.57 bits per heavy atom. The minimum Gasteiger partial charge on any atom is -0.396 e. The Morgan fingerprint density at radius 1 is 1.50 bits per heavy atom. The summed E-state index contributed by atoms with van der Waals surface area (Å²) >= 11 is 0. The van der Waals surface area contributed by atoms with E-state index in [9.17, 15) is 4.79 Å². The van der Waals surface area contributed by atoms with E-state index in [1.807, 2.05) is 26.8 Å². The Labute approximate surface area is 86.2 Å². The van der Waals surface area contributed by atoms with E-state index >= 15 is 0 Å². The third kappa shape index (κ3) is 5.02. The predicted octanol–water partition coefficient (Wildman–Crippen LogP) is 1.62. The number of hydrogen-bond acceptors (Lipinski definition) is 2. The molecule has 0 spiro atoms. The molecule has 0 aliphatic heterocycles. The Hall–Kier alpha value is -0.830. The van der Waals surface area contributed by atoms with E-state index in [4.69, 9.17) is 5.11 Å². The molecule has 14 heavy (non-hydrogen) atoms. The van der Waals surface area contributed by atoms with E-state index < -0.39 is 0 Å². The molecule has 0 heterocycles. The Balaban J connectivity index is 4.08. The standard InChI is InChI=1S/C11H21NO2/c1-4-6-9(3)11(14)12-10(5-2)7-8-13/h6,10,13H,4-5,7-8H2,1-3H3,(H,12,14)/b9-6-. The number of allylic oxidation sites excluding steroid dienone is 1. The van der Waals surface area contributed by atoms with Crippen LogP contribution >= 0.6 is 0 Å². The lowest BCUT2D eigenvalue weighted by Crippen LogP contribution is -2.35. The lowest BCUT2D eigenvalue weighted by molar-refractivity contribution is -0.118. The zero-order valence-corrected chi connectivity index (χ0v) is 9.34. The molecule has 0 fully saturated rings. The van der Waals surface area contributed by atoms with Gasteiger partial charge in [0, 0.05) is 18.2 Å². The molecule has 0 bridgehead atoms. The summed E-state index contributed by atoms with van der Waals surface area (Å²) in [6, 6.07) is 0.0905. The van der Waals surface area contributed by atoms with Gasteiger partial charge in [-0.3, -0.25) is 4.79 Å². The molecule has 0 aromatic rings. The maximum atomic E-state index is 11.5. The molecule has 3 heteroatoms. The number of carbonyl (C=O) groups is 1. The lowest BCUT2D eigenvalue weighted by atomic mass is 10.1. The Kier molecular flexibility index (Phi) is 7.11. The molecule has 0 aromatic heterocycles. The number of aliphatic hydroxyl groups is 1. The normalized spacial score (nSPS) is 13.9. The summed E-state index contributed by atoms with van der Waals surface area (Å²) in [7, 11) is 0. The third-order valence-corrected chi connectivity index (χ3v) is 2.17. The summed E-state index contributed by atoms with van der Waals surface area (Å²) in [5.41, 5.74) is 0.754. The molecule has 0 saturated carbocycles. The summed E-state index contributed by atoms with van der Waals surface area (Å²) < 4.78 is 0. The highest BCUT2D eigenvalue weighted by Gasteiger charge is 2.10. The molecule has 0 saturated heterocycles. The van der Waals surface area contributed by atoms with Crippen molar-refractivity contribution in [3.05, 3.63) is 11.6 Å². The number of aliphatic hydroxyl groups excluding tert-OH is 1. The molecular weight excluding hydrogens is 178 g/mol. The first-order valence-corrected chi connectivity index (χ1v) is 5.24. The number of carbonyl (C=O) groups excluding carboxylic acids is 1. The molecule has 82 valence electrons. The Morgan fingerprint density at radius 2 is 2.14 bits per heavy atom. The highest BCUT2D eigenvalue weighted by molar-refractivity contribution is 5.92. The van der Waals surface area contributed by atoms with Gasteiger partial charge in [-0.1, -0.05) is 19.9 Å². The van der Waals surface area contributed by atoms with E-state index in [-0.39, 0.29) is 18.6 Å². The fourth-order valence-electron chi connectivity index (χ4n) is 1.23. The number of rotatable bonds is 6. The van der Waals surface area contributed by atoms with Crippen LogP contribution in [0.3, 0.4) is 0 Å². The average Bonchev–Trinajstić information content (AvgIpc) is 2.17. The van der Waals surface area contributed by atoms with Gasteiger partial charge in [-0.2, -0.15) is 0 Å². The van der Waals surface area contributed by atoms with Crippen molar-refractivity contribution in [2.45, 2.75) is 46.1 Å². The summed E-state index contributed by atoms with van der Waals surface area (Å²) in [5.74, 6) is -0.0212. The fourth-order valence-corrected chi connectivity index (χ4v) is 1.23. The van der Waals surface area contributed by atoms with Crippen molar-refractivity contribution in [2.75, 3.05) is 6.61 Å². The fraction of sp³-hybridized carbons (Fsp3) is 0.727. The van der Waals surface area contributed by atoms with Crippen LogP contribution in [0.25, 0.3) is 0 Å². The van der Waals surface area contributed by atoms with Crippen molar-refractivity contribution < 1.29 is 9.90 Å². The minimum absolute atomic E-state index is 0.0212. The van der Waals surface area contributed by atoms with E-state index in [0.717, 1.165) is 18.4 Å². The van der Waals surface area contributed by atoms with Gasteiger partial charge < -0.3 is 10.4 Å². The molecule has 0 aliphatic rings. The molecule has 0 radical (unpaired) electrons. The van der Waals surface area contributed by atoms with Crippen LogP contribution < -0.4 is 5.32 Å². The van der Waals surface area contributed by atoms with Crippen LogP contribution in [0, 0.1) is 0 Å². The molecule has 2 N–H and O–H groups in total. The predicted molar refractivity (Wildman–Crippen MR) is 58.0 cm³/mol. The molecule has 0 aliphatic carbocycles. The van der Waals surface area contributed by atoms with Crippen molar-refractivity contribution in [3.8, 4) is 0 Å². The molecule has 0 aromatic carbocycles. The van der Waals surface area contributed by atoms with Gasteiger partial charge in [0.1, 0.15) is 0 Å². The van der Waals surface area contributed by atoms with Crippen molar-refractivity contribution in [1.82, 2.24) is 5.32 Å². The quantitative estimate of drug-likeness (QED) is 0.639. The second-order valence-corrected chi connectivity index (χ2v) is 3.39. The lowest BCUT2D eigenvalue weighted by Gasteiger charge is -2.15. The van der Waals surface area contributed by atoms with Gasteiger partial charge >= 0.3 is 0 Å². The van der Waals surface area contributed by atoms with E-state index in [1.54, 1.807) is 0 Å². The average molecular weight is 199 g/mol. The second kappa shape index (κ2) is 7.56. The summed E-state index contributed by atoms with van der Waals surface area (Å²) in [6.45, 7) is 5.93. The highest BCUT2D eigenvalue weighted by atomic mass is 16.3. The maximum Gasteiger partial charge on any atom is 0.246 e. The summed E-state index contributed by atoms with van der Waals surface area (Å²) in [6.07, 6.45) is 4.25. The number of hydrogen-bond donors (Lipinski definition) is 2. The molecular formula is C11H21NO2. The van der Waals surface area contributed by atoms with Crippen LogP contribution in [0.15, 0.2) is 11.6 Å². The first-order chi connectivity index (χ1) is 6.65. The van der Waals surface area contributed by atoms with E-state index in [2.05, 4.69) is 5.32 Å². The number of amides is 1. The zero-order valence-electron chi connectivity index (χ0n) is 9.34. The van der Waals surface area contributed by atoms with Gasteiger partial charge in [-0.05, 0) is 26.2 Å². The van der Waals surface area contributed by atoms with Crippen LogP contribution in [-0.4, -0.2) is 23.7 Å². The molecule has 1 amide bonds. The van der Waals surface area contributed by atoms with E-state index in [0.29, 0.717) is 6.42 Å². The SMILES string of the molecule is CC/C=C(/C)C(=O)NC(CC)CCO. The van der Waals surface area contributed by atoms with Gasteiger partial charge in [-0.15, -0.1) is 0 Å². The van der Waals surface area contributed by atoms with Crippen LogP contribution in [0.5, 0.6) is 0 Å².